The molecule has 0 aliphatic carbocycles. The number of piperidine rings is 1. The number of carbonyl (C=O) groups is 1. The summed E-state index contributed by atoms with van der Waals surface area (Å²) in [5, 5.41) is 3.60. The second kappa shape index (κ2) is 6.73. The molecule has 124 valence electrons. The van der Waals surface area contributed by atoms with Crippen LogP contribution in [-0.2, 0) is 18.3 Å². The SMILES string of the molecule is CC1CC(NCc2cccn2C)CCN1C(=O)OC(C)(C)C. The number of aryl methyl sites for hydroxylation is 1. The molecule has 1 aromatic rings. The lowest BCUT2D eigenvalue weighted by Gasteiger charge is -2.38. The Morgan fingerprint density at radius 3 is 2.73 bits per heavy atom. The Morgan fingerprint density at radius 1 is 1.45 bits per heavy atom. The van der Waals surface area contributed by atoms with Gasteiger partial charge in [-0.05, 0) is 52.7 Å². The fraction of sp³-hybridized carbons (Fsp3) is 0.706. The van der Waals surface area contributed by atoms with E-state index in [2.05, 4.69) is 42.2 Å². The third-order valence-electron chi connectivity index (χ3n) is 4.13. The lowest BCUT2D eigenvalue weighted by Crippen LogP contribution is -2.51. The van der Waals surface area contributed by atoms with Crippen LogP contribution in [0.25, 0.3) is 0 Å². The Balaban J connectivity index is 1.82. The lowest BCUT2D eigenvalue weighted by molar-refractivity contribution is 0.00931. The molecule has 2 atom stereocenters. The van der Waals surface area contributed by atoms with E-state index in [0.29, 0.717) is 6.04 Å². The van der Waals surface area contributed by atoms with E-state index in [0.717, 1.165) is 25.9 Å². The smallest absolute Gasteiger partial charge is 0.410 e. The average molecular weight is 307 g/mol. The van der Waals surface area contributed by atoms with Gasteiger partial charge in [0.25, 0.3) is 0 Å². The zero-order valence-corrected chi connectivity index (χ0v) is 14.4. The first-order valence-corrected chi connectivity index (χ1v) is 8.09. The summed E-state index contributed by atoms with van der Waals surface area (Å²) >= 11 is 0. The van der Waals surface area contributed by atoms with Crippen LogP contribution in [0.4, 0.5) is 4.79 Å². The maximum Gasteiger partial charge on any atom is 0.410 e. The van der Waals surface area contributed by atoms with Crippen LogP contribution in [0.3, 0.4) is 0 Å². The minimum Gasteiger partial charge on any atom is -0.444 e. The quantitative estimate of drug-likeness (QED) is 0.934. The van der Waals surface area contributed by atoms with Crippen LogP contribution in [0.5, 0.6) is 0 Å². The van der Waals surface area contributed by atoms with Crippen LogP contribution in [0.1, 0.15) is 46.2 Å². The van der Waals surface area contributed by atoms with Crippen LogP contribution in [-0.4, -0.2) is 39.8 Å². The van der Waals surface area contributed by atoms with Gasteiger partial charge in [-0.2, -0.15) is 0 Å². The Hall–Kier alpha value is -1.49. The first-order chi connectivity index (χ1) is 10.3. The monoisotopic (exact) mass is 307 g/mol. The van der Waals surface area contributed by atoms with Crippen LogP contribution in [0.15, 0.2) is 18.3 Å². The van der Waals surface area contributed by atoms with Gasteiger partial charge in [-0.15, -0.1) is 0 Å². The first-order valence-electron chi connectivity index (χ1n) is 8.09. The average Bonchev–Trinajstić information content (AvgIpc) is 2.80. The van der Waals surface area contributed by atoms with Gasteiger partial charge in [0, 0.05) is 44.1 Å². The molecule has 0 bridgehead atoms. The van der Waals surface area contributed by atoms with Gasteiger partial charge in [0.1, 0.15) is 5.60 Å². The standard InChI is InChI=1S/C17H29N3O2/c1-13-11-14(18-12-15-7-6-9-19(15)5)8-10-20(13)16(21)22-17(2,3)4/h6-7,9,13-14,18H,8,10-12H2,1-5H3. The van der Waals surface area contributed by atoms with Gasteiger partial charge in [0.15, 0.2) is 0 Å². The predicted molar refractivity (Wildman–Crippen MR) is 87.7 cm³/mol. The second-order valence-electron chi connectivity index (χ2n) is 7.24. The van der Waals surface area contributed by atoms with Gasteiger partial charge < -0.3 is 19.5 Å². The minimum absolute atomic E-state index is 0.194. The summed E-state index contributed by atoms with van der Waals surface area (Å²) in [6.07, 6.45) is 3.79. The number of likely N-dealkylation sites (tertiary alicyclic amines) is 1. The van der Waals surface area contributed by atoms with E-state index in [1.165, 1.54) is 5.69 Å². The van der Waals surface area contributed by atoms with Crippen LogP contribution < -0.4 is 5.32 Å². The van der Waals surface area contributed by atoms with Crippen molar-refractivity contribution in [1.29, 1.82) is 0 Å². The molecule has 1 saturated heterocycles. The zero-order chi connectivity index (χ0) is 16.3. The van der Waals surface area contributed by atoms with Gasteiger partial charge in [0.05, 0.1) is 0 Å². The number of ether oxygens (including phenoxy) is 1. The Labute approximate surface area is 133 Å². The molecule has 1 aliphatic rings. The summed E-state index contributed by atoms with van der Waals surface area (Å²) in [6, 6.07) is 4.84. The van der Waals surface area contributed by atoms with Crippen LogP contribution in [0.2, 0.25) is 0 Å². The van der Waals surface area contributed by atoms with Gasteiger partial charge in [-0.25, -0.2) is 4.79 Å². The maximum atomic E-state index is 12.2. The highest BCUT2D eigenvalue weighted by Gasteiger charge is 2.31. The van der Waals surface area contributed by atoms with Gasteiger partial charge in [-0.1, -0.05) is 0 Å². The maximum absolute atomic E-state index is 12.2. The van der Waals surface area contributed by atoms with Crippen molar-refractivity contribution in [2.24, 2.45) is 7.05 Å². The van der Waals surface area contributed by atoms with E-state index in [4.69, 9.17) is 4.74 Å². The highest BCUT2D eigenvalue weighted by molar-refractivity contribution is 5.68. The lowest BCUT2D eigenvalue weighted by atomic mass is 9.98. The molecule has 0 radical (unpaired) electrons. The van der Waals surface area contributed by atoms with Crippen molar-refractivity contribution >= 4 is 6.09 Å². The van der Waals surface area contributed by atoms with Crippen molar-refractivity contribution in [2.45, 2.75) is 64.8 Å². The molecule has 1 N–H and O–H groups in total. The summed E-state index contributed by atoms with van der Waals surface area (Å²) in [7, 11) is 2.06. The number of nitrogens with one attached hydrogen (secondary N) is 1. The second-order valence-corrected chi connectivity index (χ2v) is 7.24. The van der Waals surface area contributed by atoms with E-state index in [-0.39, 0.29) is 12.1 Å². The van der Waals surface area contributed by atoms with E-state index in [1.54, 1.807) is 0 Å². The molecule has 2 unspecified atom stereocenters. The number of hydrogen-bond donors (Lipinski definition) is 1. The molecule has 1 aromatic heterocycles. The fourth-order valence-electron chi connectivity index (χ4n) is 2.88. The molecular formula is C17H29N3O2. The number of nitrogens with zero attached hydrogens (tertiary/aromatic N) is 2. The molecule has 0 saturated carbocycles. The number of aromatic nitrogens is 1. The summed E-state index contributed by atoms with van der Waals surface area (Å²) in [5.41, 5.74) is 0.848. The van der Waals surface area contributed by atoms with Crippen molar-refractivity contribution in [1.82, 2.24) is 14.8 Å². The molecule has 1 aliphatic heterocycles. The van der Waals surface area contributed by atoms with Crippen LogP contribution in [0, 0.1) is 0 Å². The van der Waals surface area contributed by atoms with Crippen molar-refractivity contribution < 1.29 is 9.53 Å². The van der Waals surface area contributed by atoms with E-state index in [9.17, 15) is 4.79 Å². The topological polar surface area (TPSA) is 46.5 Å². The summed E-state index contributed by atoms with van der Waals surface area (Å²) < 4.78 is 7.61. The van der Waals surface area contributed by atoms with Crippen molar-refractivity contribution in [3.05, 3.63) is 24.0 Å². The third kappa shape index (κ3) is 4.50. The summed E-state index contributed by atoms with van der Waals surface area (Å²) in [5.74, 6) is 0. The molecule has 5 nitrogen and oxygen atoms in total. The molecule has 2 rings (SSSR count). The molecule has 0 spiro atoms. The van der Waals surface area contributed by atoms with Gasteiger partial charge in [0.2, 0.25) is 0 Å². The molecule has 2 heterocycles. The van der Waals surface area contributed by atoms with Crippen molar-refractivity contribution in [3.63, 3.8) is 0 Å². The molecular weight excluding hydrogens is 278 g/mol. The van der Waals surface area contributed by atoms with Gasteiger partial charge >= 0.3 is 6.09 Å². The van der Waals surface area contributed by atoms with E-state index < -0.39 is 5.60 Å². The van der Waals surface area contributed by atoms with Crippen molar-refractivity contribution in [3.8, 4) is 0 Å². The number of hydrogen-bond acceptors (Lipinski definition) is 3. The van der Waals surface area contributed by atoms with Crippen LogP contribution >= 0.6 is 0 Å². The zero-order valence-electron chi connectivity index (χ0n) is 14.4. The predicted octanol–water partition coefficient (Wildman–Crippen LogP) is 2.90. The summed E-state index contributed by atoms with van der Waals surface area (Å²) in [6.45, 7) is 9.44. The van der Waals surface area contributed by atoms with Crippen molar-refractivity contribution in [2.75, 3.05) is 6.54 Å². The molecule has 5 heteroatoms. The van der Waals surface area contributed by atoms with E-state index >= 15 is 0 Å². The van der Waals surface area contributed by atoms with E-state index in [1.807, 2.05) is 25.7 Å². The highest BCUT2D eigenvalue weighted by Crippen LogP contribution is 2.21. The molecule has 1 fully saturated rings. The number of amides is 1. The number of carbonyl (C=O) groups excluding carboxylic acids is 1. The molecule has 22 heavy (non-hydrogen) atoms. The number of rotatable bonds is 3. The van der Waals surface area contributed by atoms with Gasteiger partial charge in [-0.3, -0.25) is 0 Å². The minimum atomic E-state index is -0.432. The fourth-order valence-corrected chi connectivity index (χ4v) is 2.88. The largest absolute Gasteiger partial charge is 0.444 e. The highest BCUT2D eigenvalue weighted by atomic mass is 16.6. The normalized spacial score (nSPS) is 22.7. The third-order valence-corrected chi connectivity index (χ3v) is 4.13. The molecule has 1 amide bonds. The Kier molecular flexibility index (Phi) is 5.16. The molecule has 0 aromatic carbocycles. The first kappa shape index (κ1) is 16.9. The summed E-state index contributed by atoms with van der Waals surface area (Å²) in [4.78, 5) is 14.1. The Bertz CT molecular complexity index is 504. The Morgan fingerprint density at radius 2 is 2.18 bits per heavy atom.